The number of carbonyl (C=O) groups excluding carboxylic acids is 2. The van der Waals surface area contributed by atoms with Crippen molar-refractivity contribution in [3.8, 4) is 5.75 Å². The number of amides is 2. The number of hydrogen-bond donors (Lipinski definition) is 1. The number of methoxy groups -OCH3 is 1. The van der Waals surface area contributed by atoms with Crippen molar-refractivity contribution < 1.29 is 14.3 Å². The fourth-order valence-electron chi connectivity index (χ4n) is 3.87. The summed E-state index contributed by atoms with van der Waals surface area (Å²) in [6.45, 7) is 10.5. The van der Waals surface area contributed by atoms with E-state index in [2.05, 4.69) is 26.1 Å². The first kappa shape index (κ1) is 21.9. The molecule has 3 rings (SSSR count). The minimum absolute atomic E-state index is 0.0367. The molecule has 160 valence electrons. The highest BCUT2D eigenvalue weighted by Crippen LogP contribution is 2.37. The van der Waals surface area contributed by atoms with Crippen molar-refractivity contribution in [3.63, 3.8) is 0 Å². The van der Waals surface area contributed by atoms with Gasteiger partial charge in [0, 0.05) is 24.1 Å². The molecule has 2 amide bonds. The maximum absolute atomic E-state index is 12.9. The van der Waals surface area contributed by atoms with Crippen LogP contribution in [-0.4, -0.2) is 25.0 Å². The van der Waals surface area contributed by atoms with E-state index in [1.54, 1.807) is 7.11 Å². The Kier molecular flexibility index (Phi) is 6.20. The fourth-order valence-corrected chi connectivity index (χ4v) is 3.87. The maximum atomic E-state index is 12.9. The molecule has 0 saturated heterocycles. The van der Waals surface area contributed by atoms with Crippen molar-refractivity contribution in [2.75, 3.05) is 17.3 Å². The summed E-state index contributed by atoms with van der Waals surface area (Å²) in [7, 11) is 1.58. The van der Waals surface area contributed by atoms with E-state index in [1.165, 1.54) is 5.56 Å². The Morgan fingerprint density at radius 2 is 1.77 bits per heavy atom. The zero-order valence-electron chi connectivity index (χ0n) is 18.8. The largest absolute Gasteiger partial charge is 0.494 e. The van der Waals surface area contributed by atoms with Crippen molar-refractivity contribution in [2.45, 2.75) is 65.3 Å². The first-order valence-corrected chi connectivity index (χ1v) is 10.6. The lowest BCUT2D eigenvalue weighted by Crippen LogP contribution is -2.36. The normalized spacial score (nSPS) is 14.4. The molecule has 0 aliphatic carbocycles. The monoisotopic (exact) mass is 408 g/mol. The van der Waals surface area contributed by atoms with Gasteiger partial charge in [0.05, 0.1) is 18.5 Å². The lowest BCUT2D eigenvalue weighted by molar-refractivity contribution is -0.118. The van der Waals surface area contributed by atoms with Crippen LogP contribution in [0.1, 0.15) is 68.9 Å². The van der Waals surface area contributed by atoms with Gasteiger partial charge >= 0.3 is 0 Å². The molecule has 1 aliphatic rings. The zero-order valence-corrected chi connectivity index (χ0v) is 18.8. The number of nitrogens with one attached hydrogen (secondary N) is 1. The van der Waals surface area contributed by atoms with Crippen LogP contribution in [0.4, 0.5) is 11.4 Å². The Bertz CT molecular complexity index is 940. The number of anilines is 2. The van der Waals surface area contributed by atoms with Crippen LogP contribution in [-0.2, 0) is 16.6 Å². The molecule has 1 N–H and O–H groups in total. The molecule has 2 aromatic carbocycles. The highest BCUT2D eigenvalue weighted by molar-refractivity contribution is 6.05. The van der Waals surface area contributed by atoms with Crippen LogP contribution in [0.25, 0.3) is 0 Å². The summed E-state index contributed by atoms with van der Waals surface area (Å²) in [5.74, 6) is 0.495. The van der Waals surface area contributed by atoms with Crippen molar-refractivity contribution >= 4 is 23.2 Å². The summed E-state index contributed by atoms with van der Waals surface area (Å²) < 4.78 is 5.56. The second-order valence-corrected chi connectivity index (χ2v) is 9.17. The third-order valence-electron chi connectivity index (χ3n) is 5.54. The third kappa shape index (κ3) is 4.50. The molecule has 0 unspecified atom stereocenters. The van der Waals surface area contributed by atoms with Crippen LogP contribution in [0.15, 0.2) is 36.4 Å². The molecule has 5 heteroatoms. The molecule has 0 spiro atoms. The van der Waals surface area contributed by atoms with E-state index in [4.69, 9.17) is 4.74 Å². The molecule has 30 heavy (non-hydrogen) atoms. The number of carbonyl (C=O) groups is 2. The van der Waals surface area contributed by atoms with Gasteiger partial charge in [-0.15, -0.1) is 0 Å². The number of rotatable bonds is 4. The van der Waals surface area contributed by atoms with E-state index < -0.39 is 0 Å². The first-order valence-electron chi connectivity index (χ1n) is 10.6. The van der Waals surface area contributed by atoms with Gasteiger partial charge in [-0.3, -0.25) is 9.59 Å². The summed E-state index contributed by atoms with van der Waals surface area (Å²) in [4.78, 5) is 27.3. The van der Waals surface area contributed by atoms with Crippen molar-refractivity contribution in [2.24, 2.45) is 0 Å². The van der Waals surface area contributed by atoms with Gasteiger partial charge in [0.25, 0.3) is 5.91 Å². The van der Waals surface area contributed by atoms with Crippen molar-refractivity contribution in [3.05, 3.63) is 53.1 Å². The molecule has 0 fully saturated rings. The number of aryl methyl sites for hydroxylation is 1. The molecule has 5 nitrogen and oxygen atoms in total. The Labute approximate surface area is 179 Å². The van der Waals surface area contributed by atoms with E-state index in [1.807, 2.05) is 55.1 Å². The Morgan fingerprint density at radius 3 is 2.33 bits per heavy atom. The van der Waals surface area contributed by atoms with Crippen molar-refractivity contribution in [1.82, 2.24) is 0 Å². The maximum Gasteiger partial charge on any atom is 0.255 e. The molecule has 0 aromatic heterocycles. The van der Waals surface area contributed by atoms with E-state index in [9.17, 15) is 9.59 Å². The van der Waals surface area contributed by atoms with Crippen LogP contribution in [0.2, 0.25) is 0 Å². The smallest absolute Gasteiger partial charge is 0.255 e. The second-order valence-electron chi connectivity index (χ2n) is 9.17. The minimum Gasteiger partial charge on any atom is -0.494 e. The van der Waals surface area contributed by atoms with Gasteiger partial charge in [-0.2, -0.15) is 0 Å². The quantitative estimate of drug-likeness (QED) is 0.745. The van der Waals surface area contributed by atoms with Crippen LogP contribution in [0, 0.1) is 0 Å². The Balaban J connectivity index is 1.92. The highest BCUT2D eigenvalue weighted by atomic mass is 16.5. The van der Waals surface area contributed by atoms with Gasteiger partial charge in [0.2, 0.25) is 5.91 Å². The Morgan fingerprint density at radius 1 is 1.10 bits per heavy atom. The van der Waals surface area contributed by atoms with E-state index >= 15 is 0 Å². The summed E-state index contributed by atoms with van der Waals surface area (Å²) in [5, 5.41) is 2.99. The standard InChI is InChI=1S/C25H32N2O3/c1-16(2)27-21-15-22(30-6)20(14-18(21)8-7-9-23(27)28)26-24(29)17-10-12-19(13-11-17)25(3,4)5/h10-16H,7-9H2,1-6H3,(H,26,29). The van der Waals surface area contributed by atoms with Gasteiger partial charge in [-0.1, -0.05) is 32.9 Å². The topological polar surface area (TPSA) is 58.6 Å². The van der Waals surface area contributed by atoms with Crippen LogP contribution in [0.3, 0.4) is 0 Å². The number of ether oxygens (including phenoxy) is 1. The first-order chi connectivity index (χ1) is 14.1. The minimum atomic E-state index is -0.181. The van der Waals surface area contributed by atoms with Crippen LogP contribution < -0.4 is 15.0 Å². The molecule has 0 bridgehead atoms. The van der Waals surface area contributed by atoms with Gasteiger partial charge in [-0.25, -0.2) is 0 Å². The number of benzene rings is 2. The van der Waals surface area contributed by atoms with Crippen LogP contribution in [0.5, 0.6) is 5.75 Å². The fraction of sp³-hybridized carbons (Fsp3) is 0.440. The molecule has 0 radical (unpaired) electrons. The molecule has 0 atom stereocenters. The molecule has 1 heterocycles. The van der Waals surface area contributed by atoms with Crippen LogP contribution >= 0.6 is 0 Å². The van der Waals surface area contributed by atoms with Gasteiger partial charge in [-0.05, 0) is 61.4 Å². The third-order valence-corrected chi connectivity index (χ3v) is 5.54. The zero-order chi connectivity index (χ0) is 22.1. The summed E-state index contributed by atoms with van der Waals surface area (Å²) in [5.41, 5.74) is 4.36. The van der Waals surface area contributed by atoms with E-state index in [0.717, 1.165) is 24.1 Å². The lowest BCUT2D eigenvalue weighted by Gasteiger charge is -2.28. The number of fused-ring (bicyclic) bond motifs is 1. The number of hydrogen-bond acceptors (Lipinski definition) is 3. The molecular formula is C25H32N2O3. The van der Waals surface area contributed by atoms with Gasteiger partial charge in [0.1, 0.15) is 5.75 Å². The summed E-state index contributed by atoms with van der Waals surface area (Å²) in [6.07, 6.45) is 2.11. The molecular weight excluding hydrogens is 376 g/mol. The van der Waals surface area contributed by atoms with Gasteiger partial charge in [0.15, 0.2) is 0 Å². The second kappa shape index (κ2) is 8.50. The predicted molar refractivity (Wildman–Crippen MR) is 122 cm³/mol. The average molecular weight is 409 g/mol. The summed E-state index contributed by atoms with van der Waals surface area (Å²) in [6, 6.07) is 11.6. The molecule has 1 aliphatic heterocycles. The van der Waals surface area contributed by atoms with E-state index in [0.29, 0.717) is 23.4 Å². The molecule has 2 aromatic rings. The Hall–Kier alpha value is -2.82. The van der Waals surface area contributed by atoms with Gasteiger partial charge < -0.3 is 15.0 Å². The number of nitrogens with zero attached hydrogens (tertiary/aromatic N) is 1. The van der Waals surface area contributed by atoms with Crippen molar-refractivity contribution in [1.29, 1.82) is 0 Å². The SMILES string of the molecule is COc1cc2c(cc1NC(=O)c1ccc(C(C)(C)C)cc1)CCCC(=O)N2C(C)C. The van der Waals surface area contributed by atoms with E-state index in [-0.39, 0.29) is 23.3 Å². The summed E-state index contributed by atoms with van der Waals surface area (Å²) >= 11 is 0. The highest BCUT2D eigenvalue weighted by Gasteiger charge is 2.26. The molecule has 0 saturated carbocycles. The lowest BCUT2D eigenvalue weighted by atomic mass is 9.87. The average Bonchev–Trinajstić information content (AvgIpc) is 2.84. The predicted octanol–water partition coefficient (Wildman–Crippen LogP) is 5.32.